The fourth-order valence-corrected chi connectivity index (χ4v) is 3.96. The minimum absolute atomic E-state index is 0.0656. The van der Waals surface area contributed by atoms with Gasteiger partial charge in [0, 0.05) is 42.5 Å². The van der Waals surface area contributed by atoms with Crippen molar-refractivity contribution in [2.45, 2.75) is 39.2 Å². The normalized spacial score (nSPS) is 22.6. The molecule has 158 valence electrons. The van der Waals surface area contributed by atoms with Gasteiger partial charge in [-0.05, 0) is 43.9 Å². The lowest BCUT2D eigenvalue weighted by atomic mass is 9.92. The number of hydroxylamine groups is 1. The number of rotatable bonds is 4. The Kier molecular flexibility index (Phi) is 5.76. The van der Waals surface area contributed by atoms with Crippen LogP contribution in [0.1, 0.15) is 48.3 Å². The molecule has 4 heterocycles. The molecule has 0 spiro atoms. The number of halogens is 2. The number of H-pyrrole nitrogens is 1. The van der Waals surface area contributed by atoms with Gasteiger partial charge in [-0.25, -0.2) is 4.98 Å². The first-order valence-corrected chi connectivity index (χ1v) is 10.4. The molecule has 0 radical (unpaired) electrons. The van der Waals surface area contributed by atoms with Crippen LogP contribution in [0.5, 0.6) is 0 Å². The van der Waals surface area contributed by atoms with E-state index in [0.717, 1.165) is 24.1 Å². The molecule has 1 amide bonds. The van der Waals surface area contributed by atoms with Crippen molar-refractivity contribution < 1.29 is 14.0 Å². The van der Waals surface area contributed by atoms with Crippen molar-refractivity contribution in [1.82, 2.24) is 20.3 Å². The summed E-state index contributed by atoms with van der Waals surface area (Å²) < 4.78 is 13.7. The third-order valence-electron chi connectivity index (χ3n) is 5.50. The number of aryl methyl sites for hydroxylation is 1. The number of hydrogen-bond acceptors (Lipinski definition) is 5. The van der Waals surface area contributed by atoms with Gasteiger partial charge < -0.3 is 14.7 Å². The summed E-state index contributed by atoms with van der Waals surface area (Å²) in [6, 6.07) is 3.05. The van der Waals surface area contributed by atoms with Crippen LogP contribution in [0.2, 0.25) is 5.02 Å². The summed E-state index contributed by atoms with van der Waals surface area (Å²) in [6.07, 6.45) is 7.39. The van der Waals surface area contributed by atoms with Crippen molar-refractivity contribution in [2.75, 3.05) is 6.54 Å². The lowest BCUT2D eigenvalue weighted by molar-refractivity contribution is 0.0586. The third kappa shape index (κ3) is 4.18. The highest BCUT2D eigenvalue weighted by Gasteiger charge is 2.31. The molecule has 2 N–H and O–H groups in total. The summed E-state index contributed by atoms with van der Waals surface area (Å²) in [6.45, 7) is 4.46. The van der Waals surface area contributed by atoms with E-state index in [9.17, 15) is 9.18 Å². The topological polar surface area (TPSA) is 82.6 Å². The van der Waals surface area contributed by atoms with E-state index in [0.29, 0.717) is 35.3 Å². The lowest BCUT2D eigenvalue weighted by Crippen LogP contribution is -2.45. The second-order valence-electron chi connectivity index (χ2n) is 7.56. The number of likely N-dealkylation sites (tertiary alicyclic amines) is 1. The molecule has 2 unspecified atom stereocenters. The van der Waals surface area contributed by atoms with E-state index >= 15 is 0 Å². The van der Waals surface area contributed by atoms with Crippen molar-refractivity contribution in [1.29, 1.82) is 0 Å². The summed E-state index contributed by atoms with van der Waals surface area (Å²) in [5.41, 5.74) is 4.63. The van der Waals surface area contributed by atoms with E-state index in [1.807, 2.05) is 19.9 Å². The van der Waals surface area contributed by atoms with Crippen LogP contribution >= 0.6 is 11.6 Å². The zero-order valence-corrected chi connectivity index (χ0v) is 17.5. The summed E-state index contributed by atoms with van der Waals surface area (Å²) in [5.74, 6) is 0.265. The van der Waals surface area contributed by atoms with Gasteiger partial charge in [0.1, 0.15) is 0 Å². The molecule has 30 heavy (non-hydrogen) atoms. The number of aliphatic imine (C=N–C) groups is 1. The summed E-state index contributed by atoms with van der Waals surface area (Å²) in [5, 5.41) is 0.585. The SMILES string of the molecule is CCc1cnc(F)cc1C(=O)N1CC(C=C2N=C(c3cc(Cl)c[nH]3)NO2)CCC1C. The number of piperidine rings is 1. The second kappa shape index (κ2) is 8.47. The molecule has 0 aliphatic carbocycles. The molecule has 2 aromatic rings. The molecule has 4 rings (SSSR count). The molecule has 0 aromatic carbocycles. The number of aromatic nitrogens is 2. The number of nitrogens with one attached hydrogen (secondary N) is 2. The molecule has 0 bridgehead atoms. The Bertz CT molecular complexity index is 1020. The van der Waals surface area contributed by atoms with Crippen LogP contribution in [0.3, 0.4) is 0 Å². The van der Waals surface area contributed by atoms with Crippen LogP contribution in [-0.4, -0.2) is 39.2 Å². The van der Waals surface area contributed by atoms with Gasteiger partial charge in [0.15, 0.2) is 5.84 Å². The highest BCUT2D eigenvalue weighted by atomic mass is 35.5. The largest absolute Gasteiger partial charge is 0.360 e. The Morgan fingerprint density at radius 1 is 1.43 bits per heavy atom. The van der Waals surface area contributed by atoms with Crippen molar-refractivity contribution >= 4 is 23.3 Å². The van der Waals surface area contributed by atoms with Crippen molar-refractivity contribution in [3.05, 3.63) is 64.3 Å². The minimum atomic E-state index is -0.643. The van der Waals surface area contributed by atoms with Crippen LogP contribution in [0.4, 0.5) is 4.39 Å². The van der Waals surface area contributed by atoms with Crippen LogP contribution in [0.25, 0.3) is 0 Å². The second-order valence-corrected chi connectivity index (χ2v) is 8.00. The minimum Gasteiger partial charge on any atom is -0.360 e. The van der Waals surface area contributed by atoms with Gasteiger partial charge >= 0.3 is 0 Å². The molecule has 7 nitrogen and oxygen atoms in total. The lowest BCUT2D eigenvalue weighted by Gasteiger charge is -2.37. The number of hydrogen-bond donors (Lipinski definition) is 2. The zero-order valence-electron chi connectivity index (χ0n) is 16.8. The van der Waals surface area contributed by atoms with E-state index in [4.69, 9.17) is 16.4 Å². The Morgan fingerprint density at radius 2 is 2.27 bits per heavy atom. The molecule has 1 fully saturated rings. The number of nitrogens with zero attached hydrogens (tertiary/aromatic N) is 3. The summed E-state index contributed by atoms with van der Waals surface area (Å²) >= 11 is 5.94. The molecule has 9 heteroatoms. The van der Waals surface area contributed by atoms with Gasteiger partial charge in [-0.1, -0.05) is 18.5 Å². The maximum Gasteiger partial charge on any atom is 0.254 e. The number of carbonyl (C=O) groups excluding carboxylic acids is 1. The number of pyridine rings is 1. The maximum absolute atomic E-state index is 13.7. The predicted octanol–water partition coefficient (Wildman–Crippen LogP) is 3.83. The quantitative estimate of drug-likeness (QED) is 0.721. The summed E-state index contributed by atoms with van der Waals surface area (Å²) in [4.78, 5) is 31.6. The molecule has 2 aromatic heterocycles. The molecular weight excluding hydrogens is 409 g/mol. The number of carbonyl (C=O) groups is 1. The van der Waals surface area contributed by atoms with Crippen LogP contribution in [0, 0.1) is 11.9 Å². The fraction of sp³-hybridized carbons (Fsp3) is 0.381. The van der Waals surface area contributed by atoms with E-state index in [2.05, 4.69) is 20.4 Å². The van der Waals surface area contributed by atoms with Gasteiger partial charge in [0.25, 0.3) is 5.91 Å². The van der Waals surface area contributed by atoms with E-state index in [-0.39, 0.29) is 17.9 Å². The number of amidine groups is 1. The molecule has 2 aliphatic rings. The predicted molar refractivity (Wildman–Crippen MR) is 111 cm³/mol. The maximum atomic E-state index is 13.7. The number of amides is 1. The Hall–Kier alpha value is -2.87. The summed E-state index contributed by atoms with van der Waals surface area (Å²) in [7, 11) is 0. The fourth-order valence-electron chi connectivity index (χ4n) is 3.80. The Labute approximate surface area is 178 Å². The Morgan fingerprint density at radius 3 is 3.00 bits per heavy atom. The van der Waals surface area contributed by atoms with Crippen molar-refractivity contribution in [2.24, 2.45) is 10.9 Å². The van der Waals surface area contributed by atoms with Gasteiger partial charge in [0.2, 0.25) is 11.8 Å². The first kappa shape index (κ1) is 20.4. The Balaban J connectivity index is 1.51. The molecule has 0 saturated carbocycles. The molecular formula is C21H23ClFN5O2. The van der Waals surface area contributed by atoms with Crippen LogP contribution in [0.15, 0.2) is 41.5 Å². The van der Waals surface area contributed by atoms with E-state index in [1.54, 1.807) is 17.2 Å². The zero-order chi connectivity index (χ0) is 21.3. The van der Waals surface area contributed by atoms with Gasteiger partial charge in [-0.15, -0.1) is 0 Å². The third-order valence-corrected chi connectivity index (χ3v) is 5.72. The van der Waals surface area contributed by atoms with Gasteiger partial charge in [0.05, 0.1) is 10.7 Å². The van der Waals surface area contributed by atoms with E-state index in [1.165, 1.54) is 12.3 Å². The van der Waals surface area contributed by atoms with E-state index < -0.39 is 5.95 Å². The van der Waals surface area contributed by atoms with Crippen LogP contribution < -0.4 is 5.48 Å². The molecule has 2 aliphatic heterocycles. The standard InChI is InChI=1S/C21H23ClFN5O2/c1-3-14-9-25-18(23)8-16(14)21(29)28-11-13(5-4-12(28)2)6-19-26-20(27-30-19)17-7-15(22)10-24-17/h6-10,12-13,24H,3-5,11H2,1-2H3,(H,26,27). The van der Waals surface area contributed by atoms with Gasteiger partial charge in [-0.3, -0.25) is 4.79 Å². The molecule has 2 atom stereocenters. The van der Waals surface area contributed by atoms with Crippen molar-refractivity contribution in [3.8, 4) is 0 Å². The molecule has 1 saturated heterocycles. The monoisotopic (exact) mass is 431 g/mol. The highest BCUT2D eigenvalue weighted by molar-refractivity contribution is 6.31. The van der Waals surface area contributed by atoms with Crippen molar-refractivity contribution in [3.63, 3.8) is 0 Å². The highest BCUT2D eigenvalue weighted by Crippen LogP contribution is 2.27. The average Bonchev–Trinajstić information content (AvgIpc) is 3.37. The number of aromatic amines is 1. The van der Waals surface area contributed by atoms with Crippen LogP contribution in [-0.2, 0) is 11.3 Å². The average molecular weight is 432 g/mol. The smallest absolute Gasteiger partial charge is 0.254 e. The first-order chi connectivity index (χ1) is 14.4. The first-order valence-electron chi connectivity index (χ1n) is 9.97. The van der Waals surface area contributed by atoms with Gasteiger partial charge in [-0.2, -0.15) is 14.9 Å².